The van der Waals surface area contributed by atoms with Crippen molar-refractivity contribution in [3.8, 4) is 49.2 Å². The predicted octanol–water partition coefficient (Wildman–Crippen LogP) is 7.96. The van der Waals surface area contributed by atoms with Crippen molar-refractivity contribution >= 4 is 115 Å². The lowest BCUT2D eigenvalue weighted by Crippen LogP contribution is -2.40. The fourth-order valence-corrected chi connectivity index (χ4v) is 15.4. The van der Waals surface area contributed by atoms with Crippen LogP contribution in [0.1, 0.15) is 136 Å². The van der Waals surface area contributed by atoms with Gasteiger partial charge in [-0.15, -0.1) is 68.0 Å². The van der Waals surface area contributed by atoms with Crippen molar-refractivity contribution in [1.82, 2.24) is 70.6 Å². The molecule has 0 saturated carbocycles. The summed E-state index contributed by atoms with van der Waals surface area (Å²) in [6, 6.07) is 11.0. The lowest BCUT2D eigenvalue weighted by molar-refractivity contribution is -0.141. The van der Waals surface area contributed by atoms with Gasteiger partial charge in [0.25, 0.3) is 23.6 Å². The molecule has 2 unspecified atom stereocenters. The minimum absolute atomic E-state index is 0.00422. The summed E-state index contributed by atoms with van der Waals surface area (Å²) in [7, 11) is 2.92. The van der Waals surface area contributed by atoms with Crippen LogP contribution in [0.15, 0.2) is 70.2 Å². The molecule has 0 radical (unpaired) electrons. The molecule has 0 spiro atoms. The van der Waals surface area contributed by atoms with Crippen molar-refractivity contribution in [3.63, 3.8) is 0 Å². The van der Waals surface area contributed by atoms with E-state index in [9.17, 15) is 48.6 Å². The molecule has 0 bridgehead atoms. The number of methoxy groups -OCH3 is 1. The third-order valence-corrected chi connectivity index (χ3v) is 20.2. The Balaban J connectivity index is 0.936. The largest absolute Gasteiger partial charge is 0.481 e. The molecule has 0 aliphatic carbocycles. The second kappa shape index (κ2) is 29.6. The summed E-state index contributed by atoms with van der Waals surface area (Å²) >= 11 is 7.67. The van der Waals surface area contributed by atoms with Crippen LogP contribution in [0.4, 0.5) is 0 Å². The number of rotatable bonds is 28. The van der Waals surface area contributed by atoms with Crippen LogP contribution in [0, 0.1) is 12.8 Å². The molecule has 478 valence electrons. The maximum Gasteiger partial charge on any atom is 0.326 e. The monoisotopic (exact) mass is 1360 g/mol. The number of pyridine rings is 1. The Labute approximate surface area is 549 Å². The van der Waals surface area contributed by atoms with Gasteiger partial charge >= 0.3 is 11.9 Å². The van der Waals surface area contributed by atoms with Crippen LogP contribution in [0.5, 0.6) is 0 Å². The molecule has 10 rings (SSSR count). The van der Waals surface area contributed by atoms with E-state index < -0.39 is 72.1 Å². The Bertz CT molecular complexity index is 4220. The highest BCUT2D eigenvalue weighted by Crippen LogP contribution is 2.39. The summed E-state index contributed by atoms with van der Waals surface area (Å²) in [5.74, 6) is -5.13. The van der Waals surface area contributed by atoms with Gasteiger partial charge in [-0.05, 0) is 56.2 Å². The molecule has 1 saturated heterocycles. The van der Waals surface area contributed by atoms with Gasteiger partial charge in [0.05, 0.1) is 47.2 Å². The molecule has 6 amide bonds. The second-order valence-corrected chi connectivity index (χ2v) is 27.3. The fraction of sp³-hybridized carbons (Fsp3) is 0.333. The highest BCUT2D eigenvalue weighted by Gasteiger charge is 2.37. The van der Waals surface area contributed by atoms with E-state index in [1.807, 2.05) is 48.9 Å². The van der Waals surface area contributed by atoms with Crippen molar-refractivity contribution in [3.05, 3.63) is 129 Å². The number of hydrogen-bond donors (Lipinski definition) is 7. The highest BCUT2D eigenvalue weighted by molar-refractivity contribution is 7.15. The van der Waals surface area contributed by atoms with E-state index in [1.54, 1.807) is 39.7 Å². The van der Waals surface area contributed by atoms with Gasteiger partial charge in [0.15, 0.2) is 0 Å². The molecule has 26 nitrogen and oxygen atoms in total. The summed E-state index contributed by atoms with van der Waals surface area (Å²) < 4.78 is 6.93. The van der Waals surface area contributed by atoms with Crippen molar-refractivity contribution in [2.75, 3.05) is 27.2 Å². The number of imidazole rings is 1. The lowest BCUT2D eigenvalue weighted by Gasteiger charge is -2.20. The molecule has 9 heterocycles. The SMILES string of the molecule is CNC(=O)C[C@H](NC(=O)c1csc(-c2ccc(-c3nc(-n4cc(C(=O)N5CCCC5C(=O)O)nc4CCCC(=O)O)cs3)nc2-c2csc(-c3csc(CCc4ccccc4)n3)n2)n1)c1nc(C(=O)NC(c2nc(C(=O)NCC(N)=O)c(COC)s2)C(C)C)c(C)s1. The molecule has 1 fully saturated rings. The number of aryl methyl sites for hydroxylation is 4. The number of hydrogen-bond acceptors (Lipinski definition) is 23. The number of thiazole rings is 6. The van der Waals surface area contributed by atoms with Gasteiger partial charge in [0.1, 0.15) is 82.6 Å². The molecule has 1 aromatic carbocycles. The van der Waals surface area contributed by atoms with Gasteiger partial charge in [-0.2, -0.15) is 0 Å². The maximum atomic E-state index is 14.4. The van der Waals surface area contributed by atoms with Crippen LogP contribution in [-0.2, 0) is 49.8 Å². The summed E-state index contributed by atoms with van der Waals surface area (Å²) in [5, 5.41) is 40.6. The molecule has 3 atom stereocenters. The Morgan fingerprint density at radius 1 is 0.739 bits per heavy atom. The number of carboxylic acid groups (broad SMARTS) is 2. The zero-order chi connectivity index (χ0) is 65.3. The van der Waals surface area contributed by atoms with Crippen LogP contribution in [0.25, 0.3) is 49.2 Å². The summed E-state index contributed by atoms with van der Waals surface area (Å²) in [4.78, 5) is 145. The average Bonchev–Trinajstić information content (AvgIpc) is 1.72. The number of aromatic nitrogens is 9. The Morgan fingerprint density at radius 2 is 1.49 bits per heavy atom. The number of aliphatic carboxylic acids is 2. The van der Waals surface area contributed by atoms with Crippen molar-refractivity contribution < 1.29 is 53.3 Å². The van der Waals surface area contributed by atoms with Crippen LogP contribution in [0.3, 0.4) is 0 Å². The van der Waals surface area contributed by atoms with E-state index >= 15 is 0 Å². The molecule has 92 heavy (non-hydrogen) atoms. The molecular weight excluding hydrogens is 1300 g/mol. The zero-order valence-electron chi connectivity index (χ0n) is 50.1. The smallest absolute Gasteiger partial charge is 0.326 e. The van der Waals surface area contributed by atoms with Gasteiger partial charge < -0.3 is 46.9 Å². The van der Waals surface area contributed by atoms with Gasteiger partial charge in [-0.1, -0.05) is 44.2 Å². The number of carboxylic acids is 2. The van der Waals surface area contributed by atoms with Crippen molar-refractivity contribution in [2.24, 2.45) is 11.7 Å². The number of carbonyl (C=O) groups excluding carboxylic acids is 6. The Kier molecular flexibility index (Phi) is 21.2. The number of ether oxygens (including phenoxy) is 1. The first-order chi connectivity index (χ1) is 44.2. The van der Waals surface area contributed by atoms with Crippen LogP contribution < -0.4 is 27.0 Å². The predicted molar refractivity (Wildman–Crippen MR) is 347 cm³/mol. The number of nitrogens with zero attached hydrogens (tertiary/aromatic N) is 10. The first kappa shape index (κ1) is 66.0. The summed E-state index contributed by atoms with van der Waals surface area (Å²) in [6.45, 7) is 5.33. The van der Waals surface area contributed by atoms with Crippen molar-refractivity contribution in [1.29, 1.82) is 0 Å². The van der Waals surface area contributed by atoms with E-state index in [-0.39, 0.29) is 72.5 Å². The number of nitrogens with one attached hydrogen (secondary N) is 4. The zero-order valence-corrected chi connectivity index (χ0v) is 55.0. The highest BCUT2D eigenvalue weighted by atomic mass is 32.1. The van der Waals surface area contributed by atoms with Crippen LogP contribution in [0.2, 0.25) is 0 Å². The van der Waals surface area contributed by atoms with E-state index in [2.05, 4.69) is 43.4 Å². The normalized spacial score (nSPS) is 13.7. The maximum absolute atomic E-state index is 14.4. The number of primary amides is 1. The summed E-state index contributed by atoms with van der Waals surface area (Å²) in [5.41, 5.74) is 9.10. The quantitative estimate of drug-likeness (QED) is 0.0244. The van der Waals surface area contributed by atoms with Crippen LogP contribution >= 0.6 is 68.0 Å². The third kappa shape index (κ3) is 15.5. The molecule has 1 aliphatic heterocycles. The molecule has 9 aromatic rings. The standard InChI is InChI=1S/C60H61N15O11S6/c1-29(2)47(58-73-50(40(92-58)24-86-5)52(81)63-22-41(61)76)71-53(82)48-30(3)91-57(72-48)34(21-44(77)62-4)67-51(80)37-26-88-54(69-37)32-17-18-33(66-49(32)36-25-89-56(68-36)38-27-87-45(65-38)19-16-31-11-7-6-8-12-31)55-70-43(28-90-55)75-23-35(64-42(75)14-9-15-46(78)79)59(83)74-20-10-13-39(74)60(84)85/h6-8,11-12,17-18,23,25-29,34,39,47H,9-10,13-16,19-22,24H2,1-5H3,(H2,61,76)(H,62,77)(H,63,81)(H,67,80)(H,71,82)(H,78,79)(H,84,85)/t34-,39?,47?/m0/s1. The minimum atomic E-state index is -1.11. The summed E-state index contributed by atoms with van der Waals surface area (Å²) in [6.07, 6.45) is 3.89. The van der Waals surface area contributed by atoms with Gasteiger partial charge in [-0.3, -0.25) is 38.1 Å². The number of carbonyl (C=O) groups is 8. The molecule has 32 heteroatoms. The van der Waals surface area contributed by atoms with E-state index in [0.29, 0.717) is 82.6 Å². The second-order valence-electron chi connectivity index (χ2n) is 21.4. The third-order valence-electron chi connectivity index (χ3n) is 14.5. The number of amides is 6. The first-order valence-corrected chi connectivity index (χ1v) is 34.0. The minimum Gasteiger partial charge on any atom is -0.481 e. The molecular formula is C60H61N15O11S6. The number of benzene rings is 1. The Morgan fingerprint density at radius 3 is 2.23 bits per heavy atom. The Hall–Kier alpha value is -8.92. The average molecular weight is 1360 g/mol. The molecule has 1 aliphatic rings. The number of nitrogens with two attached hydrogens (primary N) is 1. The lowest BCUT2D eigenvalue weighted by atomic mass is 10.0. The van der Waals surface area contributed by atoms with Gasteiger partial charge in [0.2, 0.25) is 11.8 Å². The first-order valence-electron chi connectivity index (χ1n) is 28.8. The van der Waals surface area contributed by atoms with E-state index in [4.69, 9.17) is 40.4 Å². The van der Waals surface area contributed by atoms with Gasteiger partial charge in [0, 0.05) is 78.1 Å². The fourth-order valence-electron chi connectivity index (χ4n) is 9.95. The topological polar surface area (TPSA) is 372 Å². The molecule has 8 aromatic heterocycles. The van der Waals surface area contributed by atoms with Crippen molar-refractivity contribution in [2.45, 2.75) is 96.9 Å². The number of likely N-dealkylation sites (tertiary alicyclic amines) is 1. The molecule has 8 N–H and O–H groups in total. The van der Waals surface area contributed by atoms with E-state index in [0.717, 1.165) is 29.2 Å². The van der Waals surface area contributed by atoms with Gasteiger partial charge in [-0.25, -0.2) is 44.7 Å². The van der Waals surface area contributed by atoms with Crippen LogP contribution in [-0.4, -0.2) is 140 Å². The van der Waals surface area contributed by atoms with E-state index in [1.165, 1.54) is 76.2 Å².